The Bertz CT molecular complexity index is 896. The summed E-state index contributed by atoms with van der Waals surface area (Å²) in [5.74, 6) is 0.541. The Balaban J connectivity index is 1.97. The van der Waals surface area contributed by atoms with Crippen LogP contribution in [0.4, 0.5) is 10.6 Å². The molecule has 0 saturated carbocycles. The first-order valence-corrected chi connectivity index (χ1v) is 9.57. The van der Waals surface area contributed by atoms with Crippen molar-refractivity contribution in [3.05, 3.63) is 41.9 Å². The fourth-order valence-corrected chi connectivity index (χ4v) is 3.63. The molecule has 0 saturated heterocycles. The Kier molecular flexibility index (Phi) is 4.23. The van der Waals surface area contributed by atoms with E-state index in [2.05, 4.69) is 9.97 Å². The number of sulfone groups is 1. The van der Waals surface area contributed by atoms with Crippen molar-refractivity contribution in [3.8, 4) is 11.1 Å². The minimum atomic E-state index is -3.12. The molecule has 0 radical (unpaired) electrons. The normalized spacial score (nSPS) is 14.3. The summed E-state index contributed by atoms with van der Waals surface area (Å²) in [6.07, 6.45) is 7.71. The van der Waals surface area contributed by atoms with Crippen molar-refractivity contribution in [2.75, 3.05) is 17.7 Å². The number of aromatic nitrogens is 2. The molecular formula is C16H18N4O3S. The van der Waals surface area contributed by atoms with Crippen LogP contribution in [0.25, 0.3) is 11.1 Å². The van der Waals surface area contributed by atoms with Crippen molar-refractivity contribution in [2.24, 2.45) is 5.73 Å². The van der Waals surface area contributed by atoms with E-state index >= 15 is 0 Å². The van der Waals surface area contributed by atoms with Gasteiger partial charge in [0.05, 0.1) is 5.75 Å². The molecule has 2 N–H and O–H groups in total. The number of urea groups is 1. The topological polar surface area (TPSA) is 106 Å². The SMILES string of the molecule is CS(=O)(=O)Cc1cncc(-c2cnc3c(c2)CCCN3C(N)=O)c1. The molecule has 8 heteroatoms. The van der Waals surface area contributed by atoms with E-state index in [-0.39, 0.29) is 5.75 Å². The number of nitrogens with zero attached hydrogens (tertiary/aromatic N) is 3. The first kappa shape index (κ1) is 16.4. The number of fused-ring (bicyclic) bond motifs is 1. The van der Waals surface area contributed by atoms with Crippen molar-refractivity contribution in [1.29, 1.82) is 0 Å². The molecule has 0 aromatic carbocycles. The zero-order chi connectivity index (χ0) is 17.3. The molecule has 3 heterocycles. The fraction of sp³-hybridized carbons (Fsp3) is 0.312. The Hall–Kier alpha value is -2.48. The second kappa shape index (κ2) is 6.20. The predicted molar refractivity (Wildman–Crippen MR) is 91.3 cm³/mol. The smallest absolute Gasteiger partial charge is 0.320 e. The number of rotatable bonds is 3. The van der Waals surface area contributed by atoms with Crippen molar-refractivity contribution >= 4 is 21.7 Å². The maximum absolute atomic E-state index is 11.5. The number of carbonyl (C=O) groups excluding carboxylic acids is 1. The standard InChI is InChI=1S/C16H18N4O3S/c1-24(22,23)10-11-5-13(8-18-7-11)14-6-12-3-2-4-20(16(17)21)15(12)19-9-14/h5-9H,2-4,10H2,1H3,(H2,17,21). The van der Waals surface area contributed by atoms with Crippen LogP contribution in [0, 0.1) is 0 Å². The molecule has 3 rings (SSSR count). The minimum absolute atomic E-state index is 0.0539. The van der Waals surface area contributed by atoms with Gasteiger partial charge < -0.3 is 5.73 Å². The quantitative estimate of drug-likeness (QED) is 0.907. The molecule has 0 aliphatic carbocycles. The van der Waals surface area contributed by atoms with Gasteiger partial charge in [-0.1, -0.05) is 0 Å². The molecule has 1 aliphatic heterocycles. The Labute approximate surface area is 140 Å². The molecule has 24 heavy (non-hydrogen) atoms. The van der Waals surface area contributed by atoms with Gasteiger partial charge in [-0.15, -0.1) is 0 Å². The van der Waals surface area contributed by atoms with Crippen molar-refractivity contribution in [1.82, 2.24) is 9.97 Å². The van der Waals surface area contributed by atoms with Crippen molar-refractivity contribution in [2.45, 2.75) is 18.6 Å². The van der Waals surface area contributed by atoms with Crippen LogP contribution in [0.15, 0.2) is 30.7 Å². The lowest BCUT2D eigenvalue weighted by atomic mass is 10.0. The van der Waals surface area contributed by atoms with E-state index in [1.807, 2.05) is 6.07 Å². The van der Waals surface area contributed by atoms with Crippen LogP contribution >= 0.6 is 0 Å². The molecule has 2 aromatic heterocycles. The number of hydrogen-bond acceptors (Lipinski definition) is 5. The second-order valence-electron chi connectivity index (χ2n) is 5.95. The average molecular weight is 346 g/mol. The van der Waals surface area contributed by atoms with E-state index in [4.69, 9.17) is 5.73 Å². The van der Waals surface area contributed by atoms with Gasteiger partial charge in [0.1, 0.15) is 5.82 Å². The van der Waals surface area contributed by atoms with Crippen LogP contribution in [0.2, 0.25) is 0 Å². The minimum Gasteiger partial charge on any atom is -0.351 e. The molecule has 0 spiro atoms. The van der Waals surface area contributed by atoms with Gasteiger partial charge in [0.25, 0.3) is 0 Å². The molecule has 126 valence electrons. The molecule has 0 atom stereocenters. The number of nitrogens with two attached hydrogens (primary N) is 1. The van der Waals surface area contributed by atoms with Crippen LogP contribution < -0.4 is 10.6 Å². The molecule has 0 bridgehead atoms. The highest BCUT2D eigenvalue weighted by Gasteiger charge is 2.22. The van der Waals surface area contributed by atoms with Gasteiger partial charge in [-0.3, -0.25) is 9.88 Å². The van der Waals surface area contributed by atoms with E-state index in [1.165, 1.54) is 11.2 Å². The molecule has 1 aliphatic rings. The summed E-state index contributed by atoms with van der Waals surface area (Å²) in [5, 5.41) is 0. The fourth-order valence-electron chi connectivity index (χ4n) is 2.86. The monoisotopic (exact) mass is 346 g/mol. The molecule has 0 unspecified atom stereocenters. The first-order chi connectivity index (χ1) is 11.3. The lowest BCUT2D eigenvalue weighted by molar-refractivity contribution is 0.253. The lowest BCUT2D eigenvalue weighted by Crippen LogP contribution is -2.40. The summed E-state index contributed by atoms with van der Waals surface area (Å²) in [6.45, 7) is 0.570. The summed E-state index contributed by atoms with van der Waals surface area (Å²) in [5.41, 5.74) is 8.60. The first-order valence-electron chi connectivity index (χ1n) is 7.51. The predicted octanol–water partition coefficient (Wildman–Crippen LogP) is 1.52. The zero-order valence-electron chi connectivity index (χ0n) is 13.3. The van der Waals surface area contributed by atoms with Crippen molar-refractivity contribution in [3.63, 3.8) is 0 Å². The zero-order valence-corrected chi connectivity index (χ0v) is 14.1. The highest BCUT2D eigenvalue weighted by molar-refractivity contribution is 7.89. The van der Waals surface area contributed by atoms with Crippen molar-refractivity contribution < 1.29 is 13.2 Å². The maximum Gasteiger partial charge on any atom is 0.320 e. The summed E-state index contributed by atoms with van der Waals surface area (Å²) in [6, 6.07) is 3.25. The van der Waals surface area contributed by atoms with Gasteiger partial charge in [0, 0.05) is 42.5 Å². The van der Waals surface area contributed by atoms with Gasteiger partial charge in [-0.05, 0) is 36.1 Å². The molecule has 0 fully saturated rings. The number of hydrogen-bond donors (Lipinski definition) is 1. The van der Waals surface area contributed by atoms with Gasteiger partial charge in [-0.2, -0.15) is 0 Å². The van der Waals surface area contributed by atoms with Crippen LogP contribution in [0.1, 0.15) is 17.5 Å². The molecule has 7 nitrogen and oxygen atoms in total. The third kappa shape index (κ3) is 3.53. The van der Waals surface area contributed by atoms with Crippen LogP contribution in [0.3, 0.4) is 0 Å². The number of anilines is 1. The third-order valence-electron chi connectivity index (χ3n) is 3.85. The Morgan fingerprint density at radius 3 is 2.71 bits per heavy atom. The van der Waals surface area contributed by atoms with E-state index < -0.39 is 15.9 Å². The molecule has 2 aromatic rings. The number of aryl methyl sites for hydroxylation is 1. The number of primary amides is 1. The highest BCUT2D eigenvalue weighted by Crippen LogP contribution is 2.29. The molecular weight excluding hydrogens is 328 g/mol. The van der Waals surface area contributed by atoms with Crippen LogP contribution in [-0.4, -0.2) is 37.2 Å². The second-order valence-corrected chi connectivity index (χ2v) is 8.09. The average Bonchev–Trinajstić information content (AvgIpc) is 2.52. The van der Waals surface area contributed by atoms with Crippen LogP contribution in [-0.2, 0) is 22.0 Å². The summed E-state index contributed by atoms with van der Waals surface area (Å²) in [4.78, 5) is 21.5. The van der Waals surface area contributed by atoms with Gasteiger partial charge >= 0.3 is 6.03 Å². The summed E-state index contributed by atoms with van der Waals surface area (Å²) < 4.78 is 22.9. The van der Waals surface area contributed by atoms with E-state index in [9.17, 15) is 13.2 Å². The lowest BCUT2D eigenvalue weighted by Gasteiger charge is -2.26. The number of carbonyl (C=O) groups is 1. The number of pyridine rings is 2. The Morgan fingerprint density at radius 2 is 2.00 bits per heavy atom. The van der Waals surface area contributed by atoms with E-state index in [0.717, 1.165) is 29.5 Å². The summed E-state index contributed by atoms with van der Waals surface area (Å²) >= 11 is 0. The van der Waals surface area contributed by atoms with Gasteiger partial charge in [-0.25, -0.2) is 18.2 Å². The van der Waals surface area contributed by atoms with E-state index in [1.54, 1.807) is 24.7 Å². The number of amides is 2. The van der Waals surface area contributed by atoms with E-state index in [0.29, 0.717) is 17.9 Å². The third-order valence-corrected chi connectivity index (χ3v) is 4.71. The maximum atomic E-state index is 11.5. The van der Waals surface area contributed by atoms with Gasteiger partial charge in [0.2, 0.25) is 0 Å². The van der Waals surface area contributed by atoms with Crippen LogP contribution in [0.5, 0.6) is 0 Å². The van der Waals surface area contributed by atoms with Gasteiger partial charge in [0.15, 0.2) is 9.84 Å². The largest absolute Gasteiger partial charge is 0.351 e. The summed E-state index contributed by atoms with van der Waals surface area (Å²) in [7, 11) is -3.12. The molecule has 2 amide bonds. The Morgan fingerprint density at radius 1 is 1.25 bits per heavy atom. The highest BCUT2D eigenvalue weighted by atomic mass is 32.2.